The number of likely N-dealkylation sites (tertiary alicyclic amines) is 1. The van der Waals surface area contributed by atoms with Gasteiger partial charge in [-0.25, -0.2) is 4.98 Å². The molecule has 2 aromatic rings. The van der Waals surface area contributed by atoms with Crippen LogP contribution in [0.2, 0.25) is 0 Å². The van der Waals surface area contributed by atoms with E-state index in [4.69, 9.17) is 0 Å². The van der Waals surface area contributed by atoms with Crippen molar-refractivity contribution in [1.82, 2.24) is 20.1 Å². The quantitative estimate of drug-likeness (QED) is 0.889. The molecule has 0 aliphatic carbocycles. The zero-order valence-electron chi connectivity index (χ0n) is 11.4. The van der Waals surface area contributed by atoms with E-state index >= 15 is 0 Å². The Morgan fingerprint density at radius 3 is 2.48 bits per heavy atom. The van der Waals surface area contributed by atoms with Gasteiger partial charge in [-0.15, -0.1) is 0 Å². The van der Waals surface area contributed by atoms with Crippen LogP contribution in [0.1, 0.15) is 33.8 Å². The molecule has 1 aromatic carbocycles. The summed E-state index contributed by atoms with van der Waals surface area (Å²) < 4.78 is 0. The summed E-state index contributed by atoms with van der Waals surface area (Å²) in [6.45, 7) is 1.64. The highest BCUT2D eigenvalue weighted by Gasteiger charge is 2.19. The van der Waals surface area contributed by atoms with E-state index < -0.39 is 0 Å². The van der Waals surface area contributed by atoms with Crippen LogP contribution in [0.4, 0.5) is 5.69 Å². The molecule has 2 N–H and O–H groups in total. The standard InChI is InChI=1S/C14H15N5O2/c20-13(12-15-9-16-18-12)17-11-5-3-10(4-6-11)14(21)19-7-1-2-8-19/h3-6,9H,1-2,7-8H2,(H,17,20)(H,15,16,18). The Bertz CT molecular complexity index is 630. The largest absolute Gasteiger partial charge is 0.339 e. The summed E-state index contributed by atoms with van der Waals surface area (Å²) in [5, 5.41) is 8.79. The Morgan fingerprint density at radius 2 is 1.86 bits per heavy atom. The van der Waals surface area contributed by atoms with Gasteiger partial charge in [0.25, 0.3) is 11.8 Å². The summed E-state index contributed by atoms with van der Waals surface area (Å²) in [5.74, 6) is -0.182. The molecule has 108 valence electrons. The van der Waals surface area contributed by atoms with Crippen LogP contribution < -0.4 is 5.32 Å². The third-order valence-corrected chi connectivity index (χ3v) is 3.41. The highest BCUT2D eigenvalue weighted by molar-refractivity contribution is 6.02. The minimum atomic E-state index is -0.369. The van der Waals surface area contributed by atoms with Crippen molar-refractivity contribution in [3.8, 4) is 0 Å². The van der Waals surface area contributed by atoms with Crippen LogP contribution in [-0.2, 0) is 0 Å². The van der Waals surface area contributed by atoms with E-state index in [9.17, 15) is 9.59 Å². The number of carbonyl (C=O) groups excluding carboxylic acids is 2. The summed E-state index contributed by atoms with van der Waals surface area (Å²) in [5.41, 5.74) is 1.24. The summed E-state index contributed by atoms with van der Waals surface area (Å²) in [6.07, 6.45) is 3.40. The molecule has 21 heavy (non-hydrogen) atoms. The maximum atomic E-state index is 12.2. The fourth-order valence-electron chi connectivity index (χ4n) is 2.30. The Labute approximate surface area is 121 Å². The number of amides is 2. The summed E-state index contributed by atoms with van der Waals surface area (Å²) in [7, 11) is 0. The zero-order chi connectivity index (χ0) is 14.7. The van der Waals surface area contributed by atoms with E-state index in [1.807, 2.05) is 4.90 Å². The number of hydrogen-bond acceptors (Lipinski definition) is 4. The predicted molar refractivity (Wildman–Crippen MR) is 75.9 cm³/mol. The Morgan fingerprint density at radius 1 is 1.14 bits per heavy atom. The fraction of sp³-hybridized carbons (Fsp3) is 0.286. The molecule has 0 radical (unpaired) electrons. The van der Waals surface area contributed by atoms with E-state index in [1.165, 1.54) is 6.33 Å². The van der Waals surface area contributed by atoms with Crippen molar-refractivity contribution in [2.24, 2.45) is 0 Å². The maximum Gasteiger partial charge on any atom is 0.292 e. The third-order valence-electron chi connectivity index (χ3n) is 3.41. The van der Waals surface area contributed by atoms with Crippen LogP contribution in [0.15, 0.2) is 30.6 Å². The number of hydrogen-bond donors (Lipinski definition) is 2. The van der Waals surface area contributed by atoms with Crippen molar-refractivity contribution >= 4 is 17.5 Å². The number of carbonyl (C=O) groups is 2. The van der Waals surface area contributed by atoms with Gasteiger partial charge in [0, 0.05) is 24.3 Å². The fourth-order valence-corrected chi connectivity index (χ4v) is 2.30. The second kappa shape index (κ2) is 5.74. The second-order valence-electron chi connectivity index (χ2n) is 4.86. The molecule has 0 bridgehead atoms. The van der Waals surface area contributed by atoms with Crippen LogP contribution in [-0.4, -0.2) is 45.0 Å². The molecule has 1 saturated heterocycles. The van der Waals surface area contributed by atoms with E-state index in [2.05, 4.69) is 20.5 Å². The first-order valence-electron chi connectivity index (χ1n) is 6.80. The third kappa shape index (κ3) is 2.91. The van der Waals surface area contributed by atoms with Crippen molar-refractivity contribution in [2.45, 2.75) is 12.8 Å². The van der Waals surface area contributed by atoms with Gasteiger partial charge < -0.3 is 10.2 Å². The molecule has 1 aliphatic heterocycles. The van der Waals surface area contributed by atoms with Crippen LogP contribution in [0, 0.1) is 0 Å². The van der Waals surface area contributed by atoms with Gasteiger partial charge in [-0.1, -0.05) is 0 Å². The Kier molecular flexibility index (Phi) is 3.63. The number of benzene rings is 1. The highest BCUT2D eigenvalue weighted by atomic mass is 16.2. The Balaban J connectivity index is 1.66. The van der Waals surface area contributed by atoms with Gasteiger partial charge >= 0.3 is 0 Å². The molecule has 1 aliphatic rings. The van der Waals surface area contributed by atoms with Gasteiger partial charge in [-0.3, -0.25) is 14.7 Å². The van der Waals surface area contributed by atoms with Gasteiger partial charge in [0.05, 0.1) is 0 Å². The molecular weight excluding hydrogens is 270 g/mol. The smallest absolute Gasteiger partial charge is 0.292 e. The van der Waals surface area contributed by atoms with E-state index in [0.29, 0.717) is 11.3 Å². The van der Waals surface area contributed by atoms with Crippen molar-refractivity contribution in [3.63, 3.8) is 0 Å². The number of aromatic nitrogens is 3. The van der Waals surface area contributed by atoms with Gasteiger partial charge in [0.2, 0.25) is 5.82 Å². The molecule has 0 unspecified atom stereocenters. The Hall–Kier alpha value is -2.70. The van der Waals surface area contributed by atoms with Gasteiger partial charge in [-0.2, -0.15) is 5.10 Å². The highest BCUT2D eigenvalue weighted by Crippen LogP contribution is 2.15. The minimum absolute atomic E-state index is 0.0422. The van der Waals surface area contributed by atoms with Crippen molar-refractivity contribution in [1.29, 1.82) is 0 Å². The van der Waals surface area contributed by atoms with Crippen LogP contribution in [0.3, 0.4) is 0 Å². The van der Waals surface area contributed by atoms with Crippen molar-refractivity contribution in [3.05, 3.63) is 42.0 Å². The lowest BCUT2D eigenvalue weighted by Crippen LogP contribution is -2.27. The number of nitrogens with zero attached hydrogens (tertiary/aromatic N) is 3. The number of nitrogens with one attached hydrogen (secondary N) is 2. The first kappa shape index (κ1) is 13.3. The topological polar surface area (TPSA) is 91.0 Å². The van der Waals surface area contributed by atoms with E-state index in [1.54, 1.807) is 24.3 Å². The van der Waals surface area contributed by atoms with Crippen LogP contribution >= 0.6 is 0 Å². The molecule has 0 atom stereocenters. The first-order valence-corrected chi connectivity index (χ1v) is 6.80. The molecular formula is C14H15N5O2. The molecule has 2 heterocycles. The number of rotatable bonds is 3. The van der Waals surface area contributed by atoms with Gasteiger partial charge in [0.1, 0.15) is 6.33 Å². The normalized spacial score (nSPS) is 14.2. The molecule has 7 nitrogen and oxygen atoms in total. The molecule has 0 spiro atoms. The second-order valence-corrected chi connectivity index (χ2v) is 4.86. The molecule has 3 rings (SSSR count). The lowest BCUT2D eigenvalue weighted by Gasteiger charge is -2.15. The number of aromatic amines is 1. The SMILES string of the molecule is O=C(Nc1ccc(C(=O)N2CCCC2)cc1)c1ncn[nH]1. The predicted octanol–water partition coefficient (Wildman–Crippen LogP) is 1.29. The molecule has 1 fully saturated rings. The molecule has 1 aromatic heterocycles. The summed E-state index contributed by atoms with van der Waals surface area (Å²) in [4.78, 5) is 29.6. The molecule has 0 saturated carbocycles. The maximum absolute atomic E-state index is 12.2. The monoisotopic (exact) mass is 285 g/mol. The van der Waals surface area contributed by atoms with Crippen molar-refractivity contribution in [2.75, 3.05) is 18.4 Å². The lowest BCUT2D eigenvalue weighted by atomic mass is 10.2. The molecule has 7 heteroatoms. The minimum Gasteiger partial charge on any atom is -0.339 e. The van der Waals surface area contributed by atoms with Crippen LogP contribution in [0.25, 0.3) is 0 Å². The van der Waals surface area contributed by atoms with Crippen molar-refractivity contribution < 1.29 is 9.59 Å². The van der Waals surface area contributed by atoms with E-state index in [0.717, 1.165) is 25.9 Å². The average molecular weight is 285 g/mol. The number of anilines is 1. The van der Waals surface area contributed by atoms with Gasteiger partial charge in [0.15, 0.2) is 0 Å². The first-order chi connectivity index (χ1) is 10.2. The van der Waals surface area contributed by atoms with E-state index in [-0.39, 0.29) is 17.6 Å². The van der Waals surface area contributed by atoms with Crippen LogP contribution in [0.5, 0.6) is 0 Å². The molecule has 2 amide bonds. The lowest BCUT2D eigenvalue weighted by molar-refractivity contribution is 0.0792. The average Bonchev–Trinajstić information content (AvgIpc) is 3.20. The summed E-state index contributed by atoms with van der Waals surface area (Å²) >= 11 is 0. The number of H-pyrrole nitrogens is 1. The zero-order valence-corrected chi connectivity index (χ0v) is 11.4. The van der Waals surface area contributed by atoms with Gasteiger partial charge in [-0.05, 0) is 37.1 Å². The summed E-state index contributed by atoms with van der Waals surface area (Å²) in [6, 6.07) is 6.85.